The molecule has 0 saturated carbocycles. The van der Waals surface area contributed by atoms with Crippen LogP contribution in [0.25, 0.3) is 0 Å². The standard InChI is InChI=1S/C15H18O3/c1-2-17-14-7-5-12(6-8-14)15(16)10-9-13-4-3-11-18-13/h3-8,11,15-16H,2,9-10H2,1H3. The first kappa shape index (κ1) is 12.7. The third-order valence-corrected chi connectivity index (χ3v) is 2.82. The van der Waals surface area contributed by atoms with Gasteiger partial charge in [0.2, 0.25) is 0 Å². The Bertz CT molecular complexity index is 445. The summed E-state index contributed by atoms with van der Waals surface area (Å²) in [6.45, 7) is 2.60. The number of rotatable bonds is 6. The number of aliphatic hydroxyl groups excluding tert-OH is 1. The number of hydrogen-bond donors (Lipinski definition) is 1. The largest absolute Gasteiger partial charge is 0.494 e. The molecule has 1 unspecified atom stereocenters. The summed E-state index contributed by atoms with van der Waals surface area (Å²) in [5.74, 6) is 1.74. The molecule has 0 saturated heterocycles. The molecule has 0 spiro atoms. The molecule has 2 rings (SSSR count). The van der Waals surface area contributed by atoms with Gasteiger partial charge in [0.15, 0.2) is 0 Å². The van der Waals surface area contributed by atoms with Crippen molar-refractivity contribution in [3.05, 3.63) is 54.0 Å². The van der Waals surface area contributed by atoms with Crippen molar-refractivity contribution in [3.63, 3.8) is 0 Å². The van der Waals surface area contributed by atoms with Crippen LogP contribution in [0.3, 0.4) is 0 Å². The van der Waals surface area contributed by atoms with E-state index in [4.69, 9.17) is 9.15 Å². The lowest BCUT2D eigenvalue weighted by Gasteiger charge is -2.11. The molecule has 0 bridgehead atoms. The first-order chi connectivity index (χ1) is 8.79. The average molecular weight is 246 g/mol. The van der Waals surface area contributed by atoms with Crippen molar-refractivity contribution >= 4 is 0 Å². The quantitative estimate of drug-likeness (QED) is 0.850. The number of furan rings is 1. The zero-order valence-electron chi connectivity index (χ0n) is 10.5. The second-order valence-electron chi connectivity index (χ2n) is 4.14. The maximum absolute atomic E-state index is 10.1. The molecule has 0 aliphatic rings. The van der Waals surface area contributed by atoms with Crippen LogP contribution < -0.4 is 4.74 Å². The van der Waals surface area contributed by atoms with Crippen molar-refractivity contribution in [3.8, 4) is 5.75 Å². The molecule has 1 heterocycles. The third-order valence-electron chi connectivity index (χ3n) is 2.82. The van der Waals surface area contributed by atoms with Gasteiger partial charge in [0, 0.05) is 6.42 Å². The molecule has 0 fully saturated rings. The van der Waals surface area contributed by atoms with Crippen LogP contribution in [0.15, 0.2) is 47.1 Å². The van der Waals surface area contributed by atoms with Gasteiger partial charge in [-0.25, -0.2) is 0 Å². The highest BCUT2D eigenvalue weighted by Gasteiger charge is 2.08. The Balaban J connectivity index is 1.89. The molecule has 2 aromatic rings. The Morgan fingerprint density at radius 1 is 1.22 bits per heavy atom. The molecule has 1 aromatic heterocycles. The molecule has 0 radical (unpaired) electrons. The van der Waals surface area contributed by atoms with Gasteiger partial charge in [0.1, 0.15) is 11.5 Å². The average Bonchev–Trinajstić information content (AvgIpc) is 2.90. The molecule has 1 atom stereocenters. The summed E-state index contributed by atoms with van der Waals surface area (Å²) in [5, 5.41) is 10.1. The number of ether oxygens (including phenoxy) is 1. The van der Waals surface area contributed by atoms with E-state index in [1.165, 1.54) is 0 Å². The van der Waals surface area contributed by atoms with E-state index in [0.717, 1.165) is 23.5 Å². The first-order valence-corrected chi connectivity index (χ1v) is 6.23. The highest BCUT2D eigenvalue weighted by atomic mass is 16.5. The molecule has 0 amide bonds. The third kappa shape index (κ3) is 3.37. The smallest absolute Gasteiger partial charge is 0.119 e. The fourth-order valence-corrected chi connectivity index (χ4v) is 1.85. The van der Waals surface area contributed by atoms with Crippen molar-refractivity contribution in [2.45, 2.75) is 25.9 Å². The zero-order chi connectivity index (χ0) is 12.8. The Labute approximate surface area is 107 Å². The van der Waals surface area contributed by atoms with Gasteiger partial charge in [-0.05, 0) is 43.2 Å². The lowest BCUT2D eigenvalue weighted by molar-refractivity contribution is 0.165. The molecule has 1 aromatic carbocycles. The van der Waals surface area contributed by atoms with Crippen molar-refractivity contribution in [2.75, 3.05) is 6.61 Å². The van der Waals surface area contributed by atoms with Gasteiger partial charge in [-0.2, -0.15) is 0 Å². The minimum atomic E-state index is -0.467. The lowest BCUT2D eigenvalue weighted by Crippen LogP contribution is -1.99. The second kappa shape index (κ2) is 6.26. The van der Waals surface area contributed by atoms with Gasteiger partial charge in [-0.3, -0.25) is 0 Å². The summed E-state index contributed by atoms with van der Waals surface area (Å²) in [6.07, 6.45) is 2.58. The Hall–Kier alpha value is -1.74. The molecule has 0 aliphatic carbocycles. The summed E-state index contributed by atoms with van der Waals surface area (Å²) in [4.78, 5) is 0. The molecule has 1 N–H and O–H groups in total. The van der Waals surface area contributed by atoms with E-state index in [1.807, 2.05) is 43.3 Å². The van der Waals surface area contributed by atoms with Crippen molar-refractivity contribution in [1.82, 2.24) is 0 Å². The lowest BCUT2D eigenvalue weighted by atomic mass is 10.0. The van der Waals surface area contributed by atoms with Crippen LogP contribution >= 0.6 is 0 Å². The maximum atomic E-state index is 10.1. The number of aliphatic hydroxyl groups is 1. The number of benzene rings is 1. The zero-order valence-corrected chi connectivity index (χ0v) is 10.5. The summed E-state index contributed by atoms with van der Waals surface area (Å²) in [6, 6.07) is 11.4. The van der Waals surface area contributed by atoms with Crippen LogP contribution in [0.5, 0.6) is 5.75 Å². The van der Waals surface area contributed by atoms with Gasteiger partial charge < -0.3 is 14.3 Å². The molecule has 3 nitrogen and oxygen atoms in total. The highest BCUT2D eigenvalue weighted by Crippen LogP contribution is 2.21. The van der Waals surface area contributed by atoms with E-state index in [0.29, 0.717) is 13.0 Å². The predicted octanol–water partition coefficient (Wildman–Crippen LogP) is 3.34. The minimum Gasteiger partial charge on any atom is -0.494 e. The fraction of sp³-hybridized carbons (Fsp3) is 0.333. The van der Waals surface area contributed by atoms with E-state index in [9.17, 15) is 5.11 Å². The summed E-state index contributed by atoms with van der Waals surface area (Å²) in [7, 11) is 0. The molecule has 3 heteroatoms. The number of aryl methyl sites for hydroxylation is 1. The summed E-state index contributed by atoms with van der Waals surface area (Å²) < 4.78 is 10.6. The van der Waals surface area contributed by atoms with Gasteiger partial charge in [-0.15, -0.1) is 0 Å². The van der Waals surface area contributed by atoms with Crippen LogP contribution in [0.1, 0.15) is 30.8 Å². The van der Waals surface area contributed by atoms with Crippen LogP contribution in [0.4, 0.5) is 0 Å². The number of hydrogen-bond acceptors (Lipinski definition) is 3. The molecule has 18 heavy (non-hydrogen) atoms. The van der Waals surface area contributed by atoms with E-state index < -0.39 is 6.10 Å². The van der Waals surface area contributed by atoms with Crippen LogP contribution in [-0.2, 0) is 6.42 Å². The van der Waals surface area contributed by atoms with Crippen LogP contribution in [0, 0.1) is 0 Å². The van der Waals surface area contributed by atoms with Gasteiger partial charge in [-0.1, -0.05) is 12.1 Å². The van der Waals surface area contributed by atoms with Crippen LogP contribution in [0.2, 0.25) is 0 Å². The molecule has 0 aliphatic heterocycles. The van der Waals surface area contributed by atoms with Gasteiger partial charge in [0.25, 0.3) is 0 Å². The predicted molar refractivity (Wildman–Crippen MR) is 69.6 cm³/mol. The van der Waals surface area contributed by atoms with Crippen molar-refractivity contribution in [1.29, 1.82) is 0 Å². The van der Waals surface area contributed by atoms with Crippen LogP contribution in [-0.4, -0.2) is 11.7 Å². The van der Waals surface area contributed by atoms with Gasteiger partial charge in [0.05, 0.1) is 19.0 Å². The monoisotopic (exact) mass is 246 g/mol. The molecule has 96 valence electrons. The Kier molecular flexibility index (Phi) is 4.42. The second-order valence-corrected chi connectivity index (χ2v) is 4.14. The SMILES string of the molecule is CCOc1ccc(C(O)CCc2ccco2)cc1. The Morgan fingerprint density at radius 2 is 2.00 bits per heavy atom. The maximum Gasteiger partial charge on any atom is 0.119 e. The van der Waals surface area contributed by atoms with Crippen molar-refractivity contribution in [2.24, 2.45) is 0 Å². The van der Waals surface area contributed by atoms with Crippen molar-refractivity contribution < 1.29 is 14.3 Å². The van der Waals surface area contributed by atoms with E-state index in [-0.39, 0.29) is 0 Å². The molecular formula is C15H18O3. The normalized spacial score (nSPS) is 12.3. The minimum absolute atomic E-state index is 0.467. The van der Waals surface area contributed by atoms with E-state index in [1.54, 1.807) is 6.26 Å². The highest BCUT2D eigenvalue weighted by molar-refractivity contribution is 5.28. The van der Waals surface area contributed by atoms with Gasteiger partial charge >= 0.3 is 0 Å². The van der Waals surface area contributed by atoms with E-state index >= 15 is 0 Å². The summed E-state index contributed by atoms with van der Waals surface area (Å²) >= 11 is 0. The van der Waals surface area contributed by atoms with E-state index in [2.05, 4.69) is 0 Å². The summed E-state index contributed by atoms with van der Waals surface area (Å²) in [5.41, 5.74) is 0.907. The topological polar surface area (TPSA) is 42.6 Å². The fourth-order valence-electron chi connectivity index (χ4n) is 1.85. The Morgan fingerprint density at radius 3 is 2.61 bits per heavy atom. The first-order valence-electron chi connectivity index (χ1n) is 6.23. The molecular weight excluding hydrogens is 228 g/mol.